The molecule has 1 aromatic carbocycles. The highest BCUT2D eigenvalue weighted by Gasteiger charge is 2.31. The molecule has 2 aromatic heterocycles. The monoisotopic (exact) mass is 346 g/mol. The van der Waals surface area contributed by atoms with Crippen molar-refractivity contribution in [3.8, 4) is 0 Å². The van der Waals surface area contributed by atoms with Gasteiger partial charge in [0.1, 0.15) is 17.9 Å². The number of tetrazole rings is 1. The number of hydrogen-bond donors (Lipinski definition) is 0. The third-order valence-corrected chi connectivity index (χ3v) is 4.65. The zero-order valence-corrected chi connectivity index (χ0v) is 12.2. The molecule has 2 heterocycles. The predicted molar refractivity (Wildman–Crippen MR) is 71.0 cm³/mol. The Morgan fingerprint density at radius 1 is 1.22 bits per heavy atom. The van der Waals surface area contributed by atoms with E-state index in [4.69, 9.17) is 4.42 Å². The fraction of sp³-hybridized carbons (Fsp3) is 0.250. The second-order valence-corrected chi connectivity index (χ2v) is 6.74. The van der Waals surface area contributed by atoms with E-state index in [-0.39, 0.29) is 10.7 Å². The topological polar surface area (TPSA) is 90.9 Å². The van der Waals surface area contributed by atoms with Crippen LogP contribution in [0.15, 0.2) is 39.8 Å². The molecular formula is C12H9F3N4O3S. The standard InChI is InChI=1S/C12H9F3N4O3S/c13-12(14,15)7-19-11(16-17-18-19)6-23(20,21)9-1-2-10-8(5-9)3-4-22-10/h1-5H,6-7H2. The maximum Gasteiger partial charge on any atom is 0.408 e. The Labute approximate surface area is 127 Å². The van der Waals surface area contributed by atoms with E-state index in [9.17, 15) is 21.6 Å². The minimum absolute atomic E-state index is 0.0482. The minimum Gasteiger partial charge on any atom is -0.464 e. The summed E-state index contributed by atoms with van der Waals surface area (Å²) in [4.78, 5) is -0.0482. The number of benzene rings is 1. The van der Waals surface area contributed by atoms with Crippen molar-refractivity contribution in [3.63, 3.8) is 0 Å². The van der Waals surface area contributed by atoms with Gasteiger partial charge in [0.2, 0.25) is 0 Å². The van der Waals surface area contributed by atoms with Crippen LogP contribution in [0.25, 0.3) is 11.0 Å². The van der Waals surface area contributed by atoms with E-state index in [0.29, 0.717) is 15.7 Å². The van der Waals surface area contributed by atoms with Crippen molar-refractivity contribution >= 4 is 20.8 Å². The van der Waals surface area contributed by atoms with Gasteiger partial charge in [0, 0.05) is 5.39 Å². The lowest BCUT2D eigenvalue weighted by Crippen LogP contribution is -2.22. The molecule has 0 saturated carbocycles. The third kappa shape index (κ3) is 3.33. The summed E-state index contributed by atoms with van der Waals surface area (Å²) in [5.41, 5.74) is 0.505. The van der Waals surface area contributed by atoms with Crippen LogP contribution in [0.1, 0.15) is 5.82 Å². The molecule has 3 aromatic rings. The smallest absolute Gasteiger partial charge is 0.408 e. The normalized spacial score (nSPS) is 12.8. The third-order valence-electron chi connectivity index (χ3n) is 3.04. The van der Waals surface area contributed by atoms with E-state index in [0.717, 1.165) is 0 Å². The van der Waals surface area contributed by atoms with Gasteiger partial charge in [-0.2, -0.15) is 13.2 Å². The zero-order chi connectivity index (χ0) is 16.7. The van der Waals surface area contributed by atoms with Crippen LogP contribution in [0.5, 0.6) is 0 Å². The number of hydrogen-bond acceptors (Lipinski definition) is 6. The van der Waals surface area contributed by atoms with Gasteiger partial charge in [-0.05, 0) is 34.7 Å². The Morgan fingerprint density at radius 2 is 2.00 bits per heavy atom. The molecule has 3 rings (SSSR count). The average Bonchev–Trinajstić information content (AvgIpc) is 3.05. The van der Waals surface area contributed by atoms with Crippen LogP contribution in [-0.4, -0.2) is 34.8 Å². The molecule has 0 unspecified atom stereocenters. The Balaban J connectivity index is 1.91. The molecular weight excluding hydrogens is 337 g/mol. The maximum absolute atomic E-state index is 12.4. The molecule has 0 bridgehead atoms. The minimum atomic E-state index is -4.55. The number of halogens is 3. The van der Waals surface area contributed by atoms with Crippen molar-refractivity contribution in [2.75, 3.05) is 0 Å². The molecule has 0 amide bonds. The number of alkyl halides is 3. The number of nitrogens with zero attached hydrogens (tertiary/aromatic N) is 4. The van der Waals surface area contributed by atoms with Crippen LogP contribution in [0, 0.1) is 0 Å². The van der Waals surface area contributed by atoms with Gasteiger partial charge in [-0.15, -0.1) is 5.10 Å². The summed E-state index contributed by atoms with van der Waals surface area (Å²) in [6, 6.07) is 5.76. The van der Waals surface area contributed by atoms with E-state index in [1.54, 1.807) is 6.07 Å². The van der Waals surface area contributed by atoms with E-state index in [1.807, 2.05) is 0 Å². The molecule has 0 spiro atoms. The molecule has 0 aliphatic carbocycles. The average molecular weight is 346 g/mol. The molecule has 0 aliphatic heterocycles. The van der Waals surface area contributed by atoms with Gasteiger partial charge in [0.05, 0.1) is 11.2 Å². The van der Waals surface area contributed by atoms with Crippen LogP contribution in [0.2, 0.25) is 0 Å². The van der Waals surface area contributed by atoms with Gasteiger partial charge in [0.15, 0.2) is 15.7 Å². The summed E-state index contributed by atoms with van der Waals surface area (Å²) in [5.74, 6) is -1.12. The summed E-state index contributed by atoms with van der Waals surface area (Å²) in [5, 5.41) is 10.2. The molecule has 0 N–H and O–H groups in total. The van der Waals surface area contributed by atoms with E-state index in [2.05, 4.69) is 15.5 Å². The largest absolute Gasteiger partial charge is 0.464 e. The van der Waals surface area contributed by atoms with Crippen molar-refractivity contribution in [3.05, 3.63) is 36.4 Å². The van der Waals surface area contributed by atoms with Crippen LogP contribution in [-0.2, 0) is 22.1 Å². The van der Waals surface area contributed by atoms with Gasteiger partial charge >= 0.3 is 6.18 Å². The van der Waals surface area contributed by atoms with Crippen LogP contribution >= 0.6 is 0 Å². The number of rotatable bonds is 4. The first-order chi connectivity index (χ1) is 10.7. The van der Waals surface area contributed by atoms with Gasteiger partial charge in [-0.1, -0.05) is 0 Å². The van der Waals surface area contributed by atoms with Crippen LogP contribution in [0.4, 0.5) is 13.2 Å². The summed E-state index contributed by atoms with van der Waals surface area (Å²) < 4.78 is 67.5. The summed E-state index contributed by atoms with van der Waals surface area (Å²) in [6.45, 7) is -1.45. The quantitative estimate of drug-likeness (QED) is 0.717. The highest BCUT2D eigenvalue weighted by Crippen LogP contribution is 2.23. The molecule has 0 atom stereocenters. The van der Waals surface area contributed by atoms with E-state index in [1.165, 1.54) is 24.5 Å². The van der Waals surface area contributed by atoms with Crippen molar-refractivity contribution in [1.82, 2.24) is 20.2 Å². The Hall–Kier alpha value is -2.43. The zero-order valence-electron chi connectivity index (χ0n) is 11.4. The van der Waals surface area contributed by atoms with Gasteiger partial charge < -0.3 is 4.42 Å². The molecule has 0 fully saturated rings. The molecule has 23 heavy (non-hydrogen) atoms. The van der Waals surface area contributed by atoms with Crippen molar-refractivity contribution in [2.45, 2.75) is 23.4 Å². The summed E-state index contributed by atoms with van der Waals surface area (Å²) in [6.07, 6.45) is -3.14. The van der Waals surface area contributed by atoms with Crippen molar-refractivity contribution in [1.29, 1.82) is 0 Å². The Morgan fingerprint density at radius 3 is 2.74 bits per heavy atom. The summed E-state index contributed by atoms with van der Waals surface area (Å²) in [7, 11) is -3.90. The Kier molecular flexibility index (Phi) is 3.59. The van der Waals surface area contributed by atoms with Crippen molar-refractivity contribution < 1.29 is 26.0 Å². The SMILES string of the molecule is O=S(=O)(Cc1nnnn1CC(F)(F)F)c1ccc2occc2c1. The van der Waals surface area contributed by atoms with Crippen LogP contribution in [0.3, 0.4) is 0 Å². The van der Waals surface area contributed by atoms with Gasteiger partial charge in [0.25, 0.3) is 0 Å². The predicted octanol–water partition coefficient (Wildman–Crippen LogP) is 1.96. The molecule has 0 radical (unpaired) electrons. The lowest BCUT2D eigenvalue weighted by Gasteiger charge is -2.08. The molecule has 0 aliphatic rings. The van der Waals surface area contributed by atoms with E-state index >= 15 is 0 Å². The lowest BCUT2D eigenvalue weighted by molar-refractivity contribution is -0.143. The second-order valence-electron chi connectivity index (χ2n) is 4.75. The lowest BCUT2D eigenvalue weighted by atomic mass is 10.3. The van der Waals surface area contributed by atoms with E-state index < -0.39 is 28.3 Å². The van der Waals surface area contributed by atoms with Gasteiger partial charge in [-0.25, -0.2) is 13.1 Å². The summed E-state index contributed by atoms with van der Waals surface area (Å²) >= 11 is 0. The maximum atomic E-state index is 12.4. The van der Waals surface area contributed by atoms with Gasteiger partial charge in [-0.3, -0.25) is 0 Å². The number of fused-ring (bicyclic) bond motifs is 1. The molecule has 122 valence electrons. The number of sulfone groups is 1. The van der Waals surface area contributed by atoms with Crippen molar-refractivity contribution in [2.24, 2.45) is 0 Å². The molecule has 11 heteroatoms. The number of furan rings is 1. The highest BCUT2D eigenvalue weighted by atomic mass is 32.2. The fourth-order valence-corrected chi connectivity index (χ4v) is 3.31. The van der Waals surface area contributed by atoms with Crippen LogP contribution < -0.4 is 0 Å². The number of aromatic nitrogens is 4. The molecule has 7 nitrogen and oxygen atoms in total. The second kappa shape index (κ2) is 5.33. The fourth-order valence-electron chi connectivity index (χ4n) is 2.01. The first-order valence-electron chi connectivity index (χ1n) is 6.26. The highest BCUT2D eigenvalue weighted by molar-refractivity contribution is 7.90. The first-order valence-corrected chi connectivity index (χ1v) is 7.92. The molecule has 0 saturated heterocycles. The Bertz CT molecular complexity index is 946. The first kappa shape index (κ1) is 15.5.